The highest BCUT2D eigenvalue weighted by molar-refractivity contribution is 5.86. The van der Waals surface area contributed by atoms with Gasteiger partial charge in [0.25, 0.3) is 0 Å². The molecule has 4 atom stereocenters. The first-order valence-electron chi connectivity index (χ1n) is 9.38. The first-order valence-corrected chi connectivity index (χ1v) is 9.38. The van der Waals surface area contributed by atoms with Crippen LogP contribution in [0.25, 0.3) is 0 Å². The number of hydrogen-bond donors (Lipinski definition) is 0. The number of ether oxygens (including phenoxy) is 2. The van der Waals surface area contributed by atoms with Crippen LogP contribution in [0, 0.1) is 23.7 Å². The summed E-state index contributed by atoms with van der Waals surface area (Å²) in [5, 5.41) is 0. The first-order chi connectivity index (χ1) is 12.0. The summed E-state index contributed by atoms with van der Waals surface area (Å²) in [7, 11) is 0. The highest BCUT2D eigenvalue weighted by atomic mass is 16.5. The zero-order valence-electron chi connectivity index (χ0n) is 15.3. The van der Waals surface area contributed by atoms with E-state index in [-0.39, 0.29) is 11.9 Å². The normalized spacial score (nSPS) is 29.0. The van der Waals surface area contributed by atoms with Gasteiger partial charge in [-0.3, -0.25) is 4.79 Å². The molecule has 0 aromatic rings. The van der Waals surface area contributed by atoms with Crippen LogP contribution in [0.1, 0.15) is 46.0 Å². The molecule has 4 nitrogen and oxygen atoms in total. The van der Waals surface area contributed by atoms with Crippen molar-refractivity contribution in [2.45, 2.75) is 46.0 Å². The maximum absolute atomic E-state index is 11.5. The van der Waals surface area contributed by atoms with Crippen molar-refractivity contribution < 1.29 is 19.1 Å². The fourth-order valence-electron chi connectivity index (χ4n) is 4.60. The second-order valence-corrected chi connectivity index (χ2v) is 7.51. The van der Waals surface area contributed by atoms with Crippen LogP contribution in [-0.4, -0.2) is 25.2 Å². The largest absolute Gasteiger partial charge is 0.465 e. The van der Waals surface area contributed by atoms with Crippen molar-refractivity contribution in [2.24, 2.45) is 23.7 Å². The summed E-state index contributed by atoms with van der Waals surface area (Å²) in [4.78, 5) is 22.7. The molecule has 0 aliphatic heterocycles. The quantitative estimate of drug-likeness (QED) is 0.380. The van der Waals surface area contributed by atoms with E-state index in [2.05, 4.69) is 18.7 Å². The molecule has 0 heterocycles. The van der Waals surface area contributed by atoms with Crippen LogP contribution >= 0.6 is 0 Å². The highest BCUT2D eigenvalue weighted by Crippen LogP contribution is 2.58. The minimum absolute atomic E-state index is 0.118. The van der Waals surface area contributed by atoms with Gasteiger partial charge in [-0.05, 0) is 43.4 Å². The third-order valence-electron chi connectivity index (χ3n) is 5.81. The van der Waals surface area contributed by atoms with Crippen molar-refractivity contribution >= 4 is 11.9 Å². The Hall–Kier alpha value is -1.84. The average Bonchev–Trinajstić information content (AvgIpc) is 3.25. The molecule has 0 amide bonds. The Morgan fingerprint density at radius 1 is 1.20 bits per heavy atom. The SMILES string of the molecule is C=C(C)C(=O)OCCC1=CC2CC1C1C=C(CCOC(=O)CC)CC21. The minimum Gasteiger partial charge on any atom is -0.465 e. The fraction of sp³-hybridized carbons (Fsp3) is 0.619. The summed E-state index contributed by atoms with van der Waals surface area (Å²) < 4.78 is 10.5. The van der Waals surface area contributed by atoms with Gasteiger partial charge in [-0.2, -0.15) is 0 Å². The smallest absolute Gasteiger partial charge is 0.333 e. The number of hydrogen-bond acceptors (Lipinski definition) is 4. The van der Waals surface area contributed by atoms with E-state index in [1.807, 2.05) is 6.92 Å². The fourth-order valence-corrected chi connectivity index (χ4v) is 4.60. The Bertz CT molecular complexity index is 628. The maximum atomic E-state index is 11.5. The summed E-state index contributed by atoms with van der Waals surface area (Å²) >= 11 is 0. The Morgan fingerprint density at radius 3 is 2.68 bits per heavy atom. The summed E-state index contributed by atoms with van der Waals surface area (Å²) in [6.07, 6.45) is 9.39. The van der Waals surface area contributed by atoms with E-state index in [4.69, 9.17) is 9.47 Å². The summed E-state index contributed by atoms with van der Waals surface area (Å²) in [5.74, 6) is 2.20. The monoisotopic (exact) mass is 344 g/mol. The molecule has 25 heavy (non-hydrogen) atoms. The lowest BCUT2D eigenvalue weighted by molar-refractivity contribution is -0.143. The molecule has 0 aromatic heterocycles. The van der Waals surface area contributed by atoms with Crippen LogP contribution in [0.2, 0.25) is 0 Å². The first kappa shape index (κ1) is 18.0. The molecule has 0 saturated heterocycles. The second kappa shape index (κ2) is 7.59. The number of fused-ring (bicyclic) bond motifs is 5. The molecule has 3 rings (SSSR count). The van der Waals surface area contributed by atoms with Crippen LogP contribution < -0.4 is 0 Å². The van der Waals surface area contributed by atoms with Crippen molar-refractivity contribution in [2.75, 3.05) is 13.2 Å². The van der Waals surface area contributed by atoms with Crippen LogP contribution in [-0.2, 0) is 19.1 Å². The summed E-state index contributed by atoms with van der Waals surface area (Å²) in [5.41, 5.74) is 3.35. The number of rotatable bonds is 8. The van der Waals surface area contributed by atoms with Gasteiger partial charge in [-0.1, -0.05) is 36.8 Å². The molecule has 4 heteroatoms. The maximum Gasteiger partial charge on any atom is 0.333 e. The molecule has 3 aliphatic carbocycles. The predicted molar refractivity (Wildman–Crippen MR) is 95.6 cm³/mol. The Labute approximate surface area is 150 Å². The lowest BCUT2D eigenvalue weighted by atomic mass is 9.81. The Kier molecular flexibility index (Phi) is 5.45. The molecule has 0 radical (unpaired) electrons. The van der Waals surface area contributed by atoms with E-state index in [0.717, 1.165) is 25.2 Å². The number of carbonyl (C=O) groups excluding carboxylic acids is 2. The van der Waals surface area contributed by atoms with E-state index in [0.29, 0.717) is 43.0 Å². The molecule has 4 unspecified atom stereocenters. The van der Waals surface area contributed by atoms with Gasteiger partial charge in [0.05, 0.1) is 13.2 Å². The third kappa shape index (κ3) is 3.88. The third-order valence-corrected chi connectivity index (χ3v) is 5.81. The average molecular weight is 344 g/mol. The lowest BCUT2D eigenvalue weighted by Crippen LogP contribution is -2.18. The molecular weight excluding hydrogens is 316 g/mol. The molecular formula is C21H28O4. The van der Waals surface area contributed by atoms with Gasteiger partial charge in [0.1, 0.15) is 0 Å². The molecule has 2 bridgehead atoms. The standard InChI is InChI=1S/C21H28O4/c1-4-20(22)24-7-5-14-9-17-16-11-15(18(12-16)19(17)10-14)6-8-25-21(23)13(2)3/h10-11,16-19H,2,4-9,12H2,1,3H3. The van der Waals surface area contributed by atoms with Crippen molar-refractivity contribution in [3.05, 3.63) is 35.5 Å². The minimum atomic E-state index is -0.300. The Balaban J connectivity index is 1.48. The summed E-state index contributed by atoms with van der Waals surface area (Å²) in [6, 6.07) is 0. The predicted octanol–water partition coefficient (Wildman–Crippen LogP) is 3.98. The number of carbonyl (C=O) groups is 2. The van der Waals surface area contributed by atoms with Crippen molar-refractivity contribution in [3.8, 4) is 0 Å². The zero-order valence-corrected chi connectivity index (χ0v) is 15.3. The van der Waals surface area contributed by atoms with Gasteiger partial charge < -0.3 is 9.47 Å². The van der Waals surface area contributed by atoms with E-state index in [1.165, 1.54) is 17.6 Å². The topological polar surface area (TPSA) is 52.6 Å². The molecule has 1 saturated carbocycles. The van der Waals surface area contributed by atoms with E-state index < -0.39 is 0 Å². The molecule has 136 valence electrons. The van der Waals surface area contributed by atoms with Crippen LogP contribution in [0.15, 0.2) is 35.5 Å². The molecule has 0 aromatic carbocycles. The van der Waals surface area contributed by atoms with Crippen LogP contribution in [0.3, 0.4) is 0 Å². The highest BCUT2D eigenvalue weighted by Gasteiger charge is 2.49. The van der Waals surface area contributed by atoms with Gasteiger partial charge in [-0.15, -0.1) is 0 Å². The molecule has 3 aliphatic rings. The zero-order chi connectivity index (χ0) is 18.0. The van der Waals surface area contributed by atoms with E-state index >= 15 is 0 Å². The van der Waals surface area contributed by atoms with Crippen molar-refractivity contribution in [3.63, 3.8) is 0 Å². The van der Waals surface area contributed by atoms with Gasteiger partial charge in [0.15, 0.2) is 0 Å². The van der Waals surface area contributed by atoms with Gasteiger partial charge in [0.2, 0.25) is 0 Å². The van der Waals surface area contributed by atoms with Gasteiger partial charge in [-0.25, -0.2) is 4.79 Å². The molecule has 0 spiro atoms. The van der Waals surface area contributed by atoms with E-state index in [1.54, 1.807) is 6.92 Å². The van der Waals surface area contributed by atoms with E-state index in [9.17, 15) is 9.59 Å². The summed E-state index contributed by atoms with van der Waals surface area (Å²) in [6.45, 7) is 8.05. The van der Waals surface area contributed by atoms with Crippen LogP contribution in [0.4, 0.5) is 0 Å². The van der Waals surface area contributed by atoms with Crippen molar-refractivity contribution in [1.82, 2.24) is 0 Å². The second-order valence-electron chi connectivity index (χ2n) is 7.51. The number of esters is 2. The molecule has 1 fully saturated rings. The van der Waals surface area contributed by atoms with Crippen molar-refractivity contribution in [1.29, 1.82) is 0 Å². The Morgan fingerprint density at radius 2 is 1.96 bits per heavy atom. The molecule has 0 N–H and O–H groups in total. The van der Waals surface area contributed by atoms with Crippen LogP contribution in [0.5, 0.6) is 0 Å². The lowest BCUT2D eigenvalue weighted by Gasteiger charge is -2.24. The van der Waals surface area contributed by atoms with Gasteiger partial charge >= 0.3 is 11.9 Å². The van der Waals surface area contributed by atoms with Gasteiger partial charge in [0, 0.05) is 24.8 Å². The number of allylic oxidation sites excluding steroid dienone is 2.